The fourth-order valence-electron chi connectivity index (χ4n) is 1.38. The molecule has 0 fully saturated rings. The Bertz CT molecular complexity index is 358. The molecule has 88 valence electrons. The molecule has 0 atom stereocenters. The first-order valence-electron chi connectivity index (χ1n) is 5.59. The van der Waals surface area contributed by atoms with Crippen LogP contribution in [0.3, 0.4) is 0 Å². The summed E-state index contributed by atoms with van der Waals surface area (Å²) in [7, 11) is 0. The Morgan fingerprint density at radius 1 is 1.31 bits per heavy atom. The van der Waals surface area contributed by atoms with Crippen molar-refractivity contribution < 1.29 is 14.3 Å². The van der Waals surface area contributed by atoms with Crippen LogP contribution >= 0.6 is 0 Å². The standard InChI is InChI=1S/C13H18O3/c1-4-8-16-11-6-7-12(10(3)9-11)13(14)15-5-2/h6-7,9H,4-5,8H2,1-3H3. The average Bonchev–Trinajstić information content (AvgIpc) is 2.26. The minimum Gasteiger partial charge on any atom is -0.494 e. The van der Waals surface area contributed by atoms with Crippen LogP contribution < -0.4 is 4.74 Å². The van der Waals surface area contributed by atoms with Crippen molar-refractivity contribution in [1.29, 1.82) is 0 Å². The topological polar surface area (TPSA) is 35.5 Å². The van der Waals surface area contributed by atoms with E-state index in [9.17, 15) is 4.79 Å². The van der Waals surface area contributed by atoms with Gasteiger partial charge >= 0.3 is 5.97 Å². The van der Waals surface area contributed by atoms with E-state index in [1.165, 1.54) is 0 Å². The van der Waals surface area contributed by atoms with Gasteiger partial charge in [-0.25, -0.2) is 4.79 Å². The van der Waals surface area contributed by atoms with Crippen molar-refractivity contribution in [2.45, 2.75) is 27.2 Å². The van der Waals surface area contributed by atoms with E-state index in [0.29, 0.717) is 18.8 Å². The molecule has 1 rings (SSSR count). The third-order valence-electron chi connectivity index (χ3n) is 2.17. The minimum atomic E-state index is -0.276. The van der Waals surface area contributed by atoms with Crippen LogP contribution in [-0.2, 0) is 4.74 Å². The van der Waals surface area contributed by atoms with Gasteiger partial charge < -0.3 is 9.47 Å². The van der Waals surface area contributed by atoms with Crippen LogP contribution in [0, 0.1) is 6.92 Å². The summed E-state index contributed by atoms with van der Waals surface area (Å²) in [4.78, 5) is 11.5. The zero-order chi connectivity index (χ0) is 12.0. The number of carbonyl (C=O) groups excluding carboxylic acids is 1. The number of carbonyl (C=O) groups is 1. The van der Waals surface area contributed by atoms with E-state index in [1.807, 2.05) is 13.0 Å². The van der Waals surface area contributed by atoms with Crippen molar-refractivity contribution >= 4 is 5.97 Å². The summed E-state index contributed by atoms with van der Waals surface area (Å²) in [6.07, 6.45) is 0.971. The lowest BCUT2D eigenvalue weighted by atomic mass is 10.1. The van der Waals surface area contributed by atoms with Crippen LogP contribution in [0.1, 0.15) is 36.2 Å². The Morgan fingerprint density at radius 2 is 2.06 bits per heavy atom. The molecule has 3 heteroatoms. The van der Waals surface area contributed by atoms with Gasteiger partial charge in [0.05, 0.1) is 18.8 Å². The van der Waals surface area contributed by atoms with Gasteiger partial charge in [-0.1, -0.05) is 6.92 Å². The molecule has 0 saturated heterocycles. The third-order valence-corrected chi connectivity index (χ3v) is 2.17. The van der Waals surface area contributed by atoms with E-state index in [2.05, 4.69) is 6.92 Å². The summed E-state index contributed by atoms with van der Waals surface area (Å²) in [6, 6.07) is 5.41. The minimum absolute atomic E-state index is 0.276. The molecule has 16 heavy (non-hydrogen) atoms. The van der Waals surface area contributed by atoms with Gasteiger partial charge in [0.25, 0.3) is 0 Å². The molecule has 0 spiro atoms. The van der Waals surface area contributed by atoms with Gasteiger partial charge in [0.1, 0.15) is 5.75 Å². The molecule has 0 aliphatic rings. The second-order valence-electron chi connectivity index (χ2n) is 3.55. The molecule has 3 nitrogen and oxygen atoms in total. The number of benzene rings is 1. The van der Waals surface area contributed by atoms with Crippen LogP contribution in [0.25, 0.3) is 0 Å². The molecule has 0 bridgehead atoms. The molecule has 0 unspecified atom stereocenters. The molecule has 0 radical (unpaired) electrons. The zero-order valence-corrected chi connectivity index (χ0v) is 10.1. The summed E-state index contributed by atoms with van der Waals surface area (Å²) < 4.78 is 10.4. The van der Waals surface area contributed by atoms with Gasteiger partial charge in [-0.05, 0) is 44.0 Å². The Kier molecular flexibility index (Phi) is 4.83. The second kappa shape index (κ2) is 6.16. The molecule has 0 aromatic heterocycles. The van der Waals surface area contributed by atoms with Gasteiger partial charge in [0.15, 0.2) is 0 Å². The maximum Gasteiger partial charge on any atom is 0.338 e. The Labute approximate surface area is 96.4 Å². The largest absolute Gasteiger partial charge is 0.494 e. The van der Waals surface area contributed by atoms with Crippen LogP contribution in [0.4, 0.5) is 0 Å². The summed E-state index contributed by atoms with van der Waals surface area (Å²) >= 11 is 0. The fourth-order valence-corrected chi connectivity index (χ4v) is 1.38. The molecule has 0 aliphatic heterocycles. The predicted octanol–water partition coefficient (Wildman–Crippen LogP) is 2.96. The van der Waals surface area contributed by atoms with Gasteiger partial charge in [0.2, 0.25) is 0 Å². The monoisotopic (exact) mass is 222 g/mol. The van der Waals surface area contributed by atoms with Gasteiger partial charge in [-0.3, -0.25) is 0 Å². The van der Waals surface area contributed by atoms with E-state index in [1.54, 1.807) is 19.1 Å². The number of hydrogen-bond donors (Lipinski definition) is 0. The van der Waals surface area contributed by atoms with Crippen molar-refractivity contribution in [3.05, 3.63) is 29.3 Å². The highest BCUT2D eigenvalue weighted by atomic mass is 16.5. The zero-order valence-electron chi connectivity index (χ0n) is 10.1. The predicted molar refractivity (Wildman–Crippen MR) is 62.9 cm³/mol. The molecule has 0 amide bonds. The van der Waals surface area contributed by atoms with E-state index in [-0.39, 0.29) is 5.97 Å². The first kappa shape index (κ1) is 12.6. The third kappa shape index (κ3) is 3.26. The smallest absolute Gasteiger partial charge is 0.338 e. The lowest BCUT2D eigenvalue weighted by molar-refractivity contribution is 0.0525. The molecule has 0 saturated carbocycles. The average molecular weight is 222 g/mol. The Morgan fingerprint density at radius 3 is 2.62 bits per heavy atom. The van der Waals surface area contributed by atoms with E-state index in [0.717, 1.165) is 17.7 Å². The highest BCUT2D eigenvalue weighted by Gasteiger charge is 2.10. The van der Waals surface area contributed by atoms with Crippen LogP contribution in [0.5, 0.6) is 5.75 Å². The van der Waals surface area contributed by atoms with E-state index in [4.69, 9.17) is 9.47 Å². The fraction of sp³-hybridized carbons (Fsp3) is 0.462. The number of aryl methyl sites for hydroxylation is 1. The SMILES string of the molecule is CCCOc1ccc(C(=O)OCC)c(C)c1. The van der Waals surface area contributed by atoms with Gasteiger partial charge in [-0.15, -0.1) is 0 Å². The molecule has 0 aliphatic carbocycles. The van der Waals surface area contributed by atoms with Crippen LogP contribution in [0.2, 0.25) is 0 Å². The number of rotatable bonds is 5. The van der Waals surface area contributed by atoms with Gasteiger partial charge in [0, 0.05) is 0 Å². The second-order valence-corrected chi connectivity index (χ2v) is 3.55. The maximum absolute atomic E-state index is 11.5. The highest BCUT2D eigenvalue weighted by molar-refractivity contribution is 5.91. The number of hydrogen-bond acceptors (Lipinski definition) is 3. The number of ether oxygens (including phenoxy) is 2. The summed E-state index contributed by atoms with van der Waals surface area (Å²) in [5.41, 5.74) is 1.48. The van der Waals surface area contributed by atoms with Crippen molar-refractivity contribution in [3.8, 4) is 5.75 Å². The lowest BCUT2D eigenvalue weighted by Gasteiger charge is -2.08. The molecule has 0 N–H and O–H groups in total. The normalized spacial score (nSPS) is 9.94. The summed E-state index contributed by atoms with van der Waals surface area (Å²) in [6.45, 7) is 6.82. The molecular weight excluding hydrogens is 204 g/mol. The van der Waals surface area contributed by atoms with Crippen LogP contribution in [0.15, 0.2) is 18.2 Å². The molecule has 1 aromatic rings. The molecular formula is C13H18O3. The van der Waals surface area contributed by atoms with Crippen molar-refractivity contribution in [2.75, 3.05) is 13.2 Å². The lowest BCUT2D eigenvalue weighted by Crippen LogP contribution is -2.07. The van der Waals surface area contributed by atoms with Crippen LogP contribution in [-0.4, -0.2) is 19.2 Å². The Hall–Kier alpha value is -1.51. The highest BCUT2D eigenvalue weighted by Crippen LogP contribution is 2.18. The first-order valence-corrected chi connectivity index (χ1v) is 5.59. The molecule has 1 aromatic carbocycles. The maximum atomic E-state index is 11.5. The molecule has 0 heterocycles. The van der Waals surface area contributed by atoms with Crippen molar-refractivity contribution in [1.82, 2.24) is 0 Å². The first-order chi connectivity index (χ1) is 7.69. The van der Waals surface area contributed by atoms with Gasteiger partial charge in [-0.2, -0.15) is 0 Å². The van der Waals surface area contributed by atoms with Crippen molar-refractivity contribution in [3.63, 3.8) is 0 Å². The van der Waals surface area contributed by atoms with Crippen molar-refractivity contribution in [2.24, 2.45) is 0 Å². The van der Waals surface area contributed by atoms with E-state index >= 15 is 0 Å². The summed E-state index contributed by atoms with van der Waals surface area (Å²) in [5.74, 6) is 0.523. The quantitative estimate of drug-likeness (QED) is 0.718. The Balaban J connectivity index is 2.78. The summed E-state index contributed by atoms with van der Waals surface area (Å²) in [5, 5.41) is 0. The number of esters is 1. The van der Waals surface area contributed by atoms with E-state index < -0.39 is 0 Å².